The maximum absolute atomic E-state index is 10.2. The summed E-state index contributed by atoms with van der Waals surface area (Å²) in [6.07, 6.45) is 0. The summed E-state index contributed by atoms with van der Waals surface area (Å²) in [6, 6.07) is 0. The van der Waals surface area contributed by atoms with Gasteiger partial charge in [-0.25, -0.2) is 0 Å². The summed E-state index contributed by atoms with van der Waals surface area (Å²) in [5.41, 5.74) is 4.93. The Hall–Kier alpha value is -0.180. The fourth-order valence-electron chi connectivity index (χ4n) is 0.484. The van der Waals surface area contributed by atoms with Crippen LogP contribution in [0.4, 0.5) is 0 Å². The first-order valence-corrected chi connectivity index (χ1v) is 3.11. The lowest BCUT2D eigenvalue weighted by Gasteiger charge is -1.78. The molecule has 1 aliphatic heterocycles. The molecule has 1 amide bonds. The van der Waals surface area contributed by atoms with E-state index in [1.807, 2.05) is 6.92 Å². The van der Waals surface area contributed by atoms with Crippen LogP contribution in [0.1, 0.15) is 6.92 Å². The number of thioether (sulfide) groups is 1. The fourth-order valence-corrected chi connectivity index (χ4v) is 1.12. The number of amides is 1. The second kappa shape index (κ2) is 1.40. The van der Waals surface area contributed by atoms with Gasteiger partial charge in [-0.2, -0.15) is 0 Å². The van der Waals surface area contributed by atoms with E-state index in [9.17, 15) is 4.79 Å². The molecule has 1 saturated heterocycles. The van der Waals surface area contributed by atoms with Gasteiger partial charge in [-0.1, -0.05) is 6.92 Å². The molecule has 0 radical (unpaired) electrons. The molecule has 0 aliphatic carbocycles. The molecule has 2 unspecified atom stereocenters. The first-order valence-electron chi connectivity index (χ1n) is 2.16. The highest BCUT2D eigenvalue weighted by atomic mass is 32.2. The summed E-state index contributed by atoms with van der Waals surface area (Å²) >= 11 is 1.62. The average molecular weight is 117 g/mol. The second-order valence-corrected chi connectivity index (χ2v) is 3.19. The summed E-state index contributed by atoms with van der Waals surface area (Å²) in [6.45, 7) is 2.00. The number of carbonyl (C=O) groups excluding carboxylic acids is 1. The molecule has 2 atom stereocenters. The molecule has 0 aromatic heterocycles. The van der Waals surface area contributed by atoms with Crippen LogP contribution in [0.3, 0.4) is 0 Å². The molecule has 0 saturated carbocycles. The van der Waals surface area contributed by atoms with E-state index >= 15 is 0 Å². The third-order valence-electron chi connectivity index (χ3n) is 0.991. The van der Waals surface area contributed by atoms with E-state index in [4.69, 9.17) is 5.73 Å². The van der Waals surface area contributed by atoms with Crippen molar-refractivity contribution in [3.05, 3.63) is 0 Å². The Labute approximate surface area is 46.5 Å². The molecule has 7 heavy (non-hydrogen) atoms. The van der Waals surface area contributed by atoms with Gasteiger partial charge in [-0.05, 0) is 0 Å². The van der Waals surface area contributed by atoms with Crippen molar-refractivity contribution in [3.63, 3.8) is 0 Å². The summed E-state index contributed by atoms with van der Waals surface area (Å²) in [5.74, 6) is -0.169. The van der Waals surface area contributed by atoms with Crippen LogP contribution in [-0.2, 0) is 4.79 Å². The van der Waals surface area contributed by atoms with Gasteiger partial charge in [0.15, 0.2) is 0 Å². The van der Waals surface area contributed by atoms with Crippen molar-refractivity contribution < 1.29 is 4.79 Å². The van der Waals surface area contributed by atoms with Crippen LogP contribution in [0.2, 0.25) is 0 Å². The average Bonchev–Trinajstić information content (AvgIpc) is 2.17. The van der Waals surface area contributed by atoms with Crippen molar-refractivity contribution in [2.75, 3.05) is 0 Å². The van der Waals surface area contributed by atoms with Crippen LogP contribution >= 0.6 is 11.8 Å². The summed E-state index contributed by atoms with van der Waals surface area (Å²) in [4.78, 5) is 10.2. The smallest absolute Gasteiger partial charge is 0.231 e. The lowest BCUT2D eigenvalue weighted by atomic mass is 10.3. The van der Waals surface area contributed by atoms with Crippen molar-refractivity contribution in [1.82, 2.24) is 0 Å². The zero-order valence-corrected chi connectivity index (χ0v) is 4.87. The van der Waals surface area contributed by atoms with Gasteiger partial charge in [0.25, 0.3) is 0 Å². The zero-order valence-electron chi connectivity index (χ0n) is 4.05. The molecule has 1 heterocycles. The van der Waals surface area contributed by atoms with Crippen molar-refractivity contribution in [1.29, 1.82) is 0 Å². The van der Waals surface area contributed by atoms with Crippen molar-refractivity contribution in [2.24, 2.45) is 5.73 Å². The highest BCUT2D eigenvalue weighted by Gasteiger charge is 2.38. The molecule has 1 rings (SSSR count). The standard InChI is InChI=1S/C4H7NOS/c1-2-3(7-2)4(5)6/h2-3H,1H3,(H2,5,6). The first-order chi connectivity index (χ1) is 3.22. The Kier molecular flexibility index (Phi) is 0.995. The summed E-state index contributed by atoms with van der Waals surface area (Å²) in [5, 5.41) is 0.609. The third kappa shape index (κ3) is 0.881. The highest BCUT2D eigenvalue weighted by Crippen LogP contribution is 2.39. The van der Waals surface area contributed by atoms with Crippen LogP contribution in [0.15, 0.2) is 0 Å². The van der Waals surface area contributed by atoms with Gasteiger partial charge in [0.1, 0.15) is 0 Å². The molecule has 0 spiro atoms. The molecular weight excluding hydrogens is 110 g/mol. The maximum Gasteiger partial charge on any atom is 0.231 e. The maximum atomic E-state index is 10.2. The van der Waals surface area contributed by atoms with Gasteiger partial charge in [0, 0.05) is 5.25 Å². The SMILES string of the molecule is CC1SC1C(N)=O. The van der Waals surface area contributed by atoms with E-state index < -0.39 is 0 Å². The Balaban J connectivity index is 2.33. The molecule has 2 nitrogen and oxygen atoms in total. The van der Waals surface area contributed by atoms with E-state index in [1.165, 1.54) is 0 Å². The lowest BCUT2D eigenvalue weighted by Crippen LogP contribution is -2.18. The normalized spacial score (nSPS) is 37.9. The number of primary amides is 1. The molecule has 40 valence electrons. The summed E-state index contributed by atoms with van der Waals surface area (Å²) in [7, 11) is 0. The van der Waals surface area contributed by atoms with Crippen molar-refractivity contribution in [3.8, 4) is 0 Å². The molecule has 3 heteroatoms. The van der Waals surface area contributed by atoms with Crippen LogP contribution in [0.5, 0.6) is 0 Å². The molecule has 1 aliphatic rings. The number of hydrogen-bond donors (Lipinski definition) is 1. The van der Waals surface area contributed by atoms with Gasteiger partial charge < -0.3 is 5.73 Å². The Morgan fingerprint density at radius 2 is 2.29 bits per heavy atom. The van der Waals surface area contributed by atoms with Crippen LogP contribution in [0.25, 0.3) is 0 Å². The van der Waals surface area contributed by atoms with Crippen LogP contribution < -0.4 is 5.73 Å². The number of rotatable bonds is 1. The zero-order chi connectivity index (χ0) is 5.44. The highest BCUT2D eigenvalue weighted by molar-refractivity contribution is 8.08. The monoisotopic (exact) mass is 117 g/mol. The Morgan fingerprint density at radius 1 is 1.86 bits per heavy atom. The molecular formula is C4H7NOS. The predicted octanol–water partition coefficient (Wildman–Crippen LogP) is -0.0244. The van der Waals surface area contributed by atoms with Gasteiger partial charge in [-0.15, -0.1) is 11.8 Å². The number of hydrogen-bond acceptors (Lipinski definition) is 2. The second-order valence-electron chi connectivity index (χ2n) is 1.66. The minimum absolute atomic E-state index is 0.125. The molecule has 2 N–H and O–H groups in total. The van der Waals surface area contributed by atoms with Gasteiger partial charge >= 0.3 is 0 Å². The van der Waals surface area contributed by atoms with E-state index in [1.54, 1.807) is 11.8 Å². The van der Waals surface area contributed by atoms with Crippen LogP contribution in [-0.4, -0.2) is 16.4 Å². The largest absolute Gasteiger partial charge is 0.369 e. The van der Waals surface area contributed by atoms with E-state index in [0.717, 1.165) is 0 Å². The fraction of sp³-hybridized carbons (Fsp3) is 0.750. The van der Waals surface area contributed by atoms with Gasteiger partial charge in [-0.3, -0.25) is 4.79 Å². The number of nitrogens with two attached hydrogens (primary N) is 1. The minimum atomic E-state index is -0.169. The molecule has 0 aromatic carbocycles. The molecule has 0 bridgehead atoms. The first kappa shape index (κ1) is 4.97. The van der Waals surface area contributed by atoms with E-state index in [2.05, 4.69) is 0 Å². The predicted molar refractivity (Wildman–Crippen MR) is 30.0 cm³/mol. The quantitative estimate of drug-likeness (QED) is 0.490. The minimum Gasteiger partial charge on any atom is -0.369 e. The van der Waals surface area contributed by atoms with Crippen LogP contribution in [0, 0.1) is 0 Å². The van der Waals surface area contributed by atoms with Crippen molar-refractivity contribution >= 4 is 17.7 Å². The number of carbonyl (C=O) groups is 1. The van der Waals surface area contributed by atoms with Gasteiger partial charge in [0.2, 0.25) is 5.91 Å². The Bertz CT molecular complexity index is 104. The lowest BCUT2D eigenvalue weighted by molar-refractivity contribution is -0.116. The van der Waals surface area contributed by atoms with Crippen molar-refractivity contribution in [2.45, 2.75) is 17.4 Å². The van der Waals surface area contributed by atoms with E-state index in [-0.39, 0.29) is 11.2 Å². The topological polar surface area (TPSA) is 43.1 Å². The Morgan fingerprint density at radius 3 is 2.29 bits per heavy atom. The van der Waals surface area contributed by atoms with Gasteiger partial charge in [0.05, 0.1) is 5.25 Å². The summed E-state index contributed by atoms with van der Waals surface area (Å²) < 4.78 is 0. The molecule has 1 fully saturated rings. The molecule has 0 aromatic rings. The van der Waals surface area contributed by atoms with E-state index in [0.29, 0.717) is 5.25 Å². The third-order valence-corrected chi connectivity index (χ3v) is 2.31.